The highest BCUT2D eigenvalue weighted by atomic mass is 16.2. The number of anilines is 2. The first-order chi connectivity index (χ1) is 14.2. The van der Waals surface area contributed by atoms with E-state index in [1.807, 2.05) is 63.2 Å². The number of benzene rings is 2. The molecule has 0 saturated carbocycles. The second kappa shape index (κ2) is 8.73. The summed E-state index contributed by atoms with van der Waals surface area (Å²) in [7, 11) is 0. The largest absolute Gasteiger partial charge is 0.324 e. The minimum atomic E-state index is -0.544. The maximum absolute atomic E-state index is 12.8. The van der Waals surface area contributed by atoms with E-state index in [0.29, 0.717) is 11.4 Å². The number of aryl methyl sites for hydroxylation is 2. The zero-order chi connectivity index (χ0) is 21.8. The molecule has 0 saturated heterocycles. The normalized spacial score (nSPS) is 10.5. The average Bonchev–Trinajstić information content (AvgIpc) is 2.68. The summed E-state index contributed by atoms with van der Waals surface area (Å²) in [5.74, 6) is -0.757. The molecule has 1 heterocycles. The molecule has 0 fully saturated rings. The first-order valence-corrected chi connectivity index (χ1v) is 9.57. The van der Waals surface area contributed by atoms with E-state index in [4.69, 9.17) is 0 Å². The molecule has 2 N–H and O–H groups in total. The molecule has 0 radical (unpaired) electrons. The number of nitrogens with one attached hydrogen (secondary N) is 2. The number of amides is 2. The van der Waals surface area contributed by atoms with Crippen molar-refractivity contribution in [1.82, 2.24) is 9.78 Å². The quantitative estimate of drug-likeness (QED) is 0.681. The molecule has 30 heavy (non-hydrogen) atoms. The third-order valence-electron chi connectivity index (χ3n) is 4.80. The Morgan fingerprint density at radius 2 is 1.67 bits per heavy atom. The fourth-order valence-electron chi connectivity index (χ4n) is 3.01. The van der Waals surface area contributed by atoms with Gasteiger partial charge in [-0.2, -0.15) is 5.10 Å². The van der Waals surface area contributed by atoms with Crippen molar-refractivity contribution >= 4 is 23.2 Å². The Morgan fingerprint density at radius 3 is 2.33 bits per heavy atom. The van der Waals surface area contributed by atoms with Crippen molar-refractivity contribution in [3.05, 3.63) is 75.6 Å². The smallest absolute Gasteiger partial charge is 0.291 e. The number of hydrogen-bond acceptors (Lipinski definition) is 4. The molecule has 2 aromatic carbocycles. The summed E-state index contributed by atoms with van der Waals surface area (Å²) in [4.78, 5) is 36.9. The maximum Gasteiger partial charge on any atom is 0.291 e. The Bertz CT molecular complexity index is 1160. The standard InChI is InChI=1S/C23H24N4O3/c1-14-8-10-18(11-9-14)20-12-21(24-17(4)28)23(30)27(26-20)13-22(29)25-19-7-5-6-15(2)16(19)3/h5-12H,13H2,1-4H3,(H,24,28)(H,25,29). The zero-order valence-corrected chi connectivity index (χ0v) is 17.4. The number of aromatic nitrogens is 2. The molecular weight excluding hydrogens is 380 g/mol. The first kappa shape index (κ1) is 21.0. The molecule has 0 aliphatic heterocycles. The predicted octanol–water partition coefficient (Wildman–Crippen LogP) is 3.43. The van der Waals surface area contributed by atoms with Gasteiger partial charge in [-0.3, -0.25) is 14.4 Å². The summed E-state index contributed by atoms with van der Waals surface area (Å²) in [6.07, 6.45) is 0. The monoisotopic (exact) mass is 404 g/mol. The summed E-state index contributed by atoms with van der Waals surface area (Å²) in [6.45, 7) is 6.89. The lowest BCUT2D eigenvalue weighted by Crippen LogP contribution is -2.32. The molecule has 154 valence electrons. The van der Waals surface area contributed by atoms with Gasteiger partial charge in [-0.15, -0.1) is 0 Å². The van der Waals surface area contributed by atoms with E-state index in [1.165, 1.54) is 13.0 Å². The van der Waals surface area contributed by atoms with E-state index in [2.05, 4.69) is 15.7 Å². The van der Waals surface area contributed by atoms with E-state index in [0.717, 1.165) is 26.9 Å². The summed E-state index contributed by atoms with van der Waals surface area (Å²) in [5.41, 5.74) is 4.57. The third-order valence-corrected chi connectivity index (χ3v) is 4.80. The number of hydrogen-bond donors (Lipinski definition) is 2. The van der Waals surface area contributed by atoms with Gasteiger partial charge in [-0.1, -0.05) is 42.0 Å². The van der Waals surface area contributed by atoms with Crippen LogP contribution >= 0.6 is 0 Å². The number of carbonyl (C=O) groups is 2. The van der Waals surface area contributed by atoms with E-state index in [9.17, 15) is 14.4 Å². The minimum Gasteiger partial charge on any atom is -0.324 e. The molecule has 0 spiro atoms. The lowest BCUT2D eigenvalue weighted by atomic mass is 10.1. The van der Waals surface area contributed by atoms with E-state index >= 15 is 0 Å². The van der Waals surface area contributed by atoms with Gasteiger partial charge in [0, 0.05) is 18.2 Å². The molecule has 0 aliphatic rings. The predicted molar refractivity (Wildman–Crippen MR) is 118 cm³/mol. The fourth-order valence-corrected chi connectivity index (χ4v) is 3.01. The Labute approximate surface area is 174 Å². The molecule has 0 bridgehead atoms. The summed E-state index contributed by atoms with van der Waals surface area (Å²) < 4.78 is 1.07. The maximum atomic E-state index is 12.8. The van der Waals surface area contributed by atoms with Gasteiger partial charge in [0.25, 0.3) is 5.56 Å². The van der Waals surface area contributed by atoms with Crippen LogP contribution in [0.25, 0.3) is 11.3 Å². The van der Waals surface area contributed by atoms with Crippen molar-refractivity contribution < 1.29 is 9.59 Å². The van der Waals surface area contributed by atoms with Crippen molar-refractivity contribution in [2.45, 2.75) is 34.2 Å². The first-order valence-electron chi connectivity index (χ1n) is 9.57. The molecule has 0 aliphatic carbocycles. The highest BCUT2D eigenvalue weighted by Crippen LogP contribution is 2.20. The number of nitrogens with zero attached hydrogens (tertiary/aromatic N) is 2. The van der Waals surface area contributed by atoms with Crippen molar-refractivity contribution in [1.29, 1.82) is 0 Å². The highest BCUT2D eigenvalue weighted by Gasteiger charge is 2.14. The highest BCUT2D eigenvalue weighted by molar-refractivity contribution is 5.92. The van der Waals surface area contributed by atoms with E-state index in [-0.39, 0.29) is 24.0 Å². The molecule has 3 aromatic rings. The van der Waals surface area contributed by atoms with Crippen LogP contribution in [0.2, 0.25) is 0 Å². The summed E-state index contributed by atoms with van der Waals surface area (Å²) in [6, 6.07) is 14.8. The lowest BCUT2D eigenvalue weighted by Gasteiger charge is -2.13. The topological polar surface area (TPSA) is 93.1 Å². The van der Waals surface area contributed by atoms with Crippen LogP contribution in [0.3, 0.4) is 0 Å². The van der Waals surface area contributed by atoms with Crippen LogP contribution in [0.1, 0.15) is 23.6 Å². The van der Waals surface area contributed by atoms with E-state index in [1.54, 1.807) is 0 Å². The fraction of sp³-hybridized carbons (Fsp3) is 0.217. The Balaban J connectivity index is 1.96. The molecule has 7 nitrogen and oxygen atoms in total. The van der Waals surface area contributed by atoms with Crippen LogP contribution in [0.15, 0.2) is 53.3 Å². The summed E-state index contributed by atoms with van der Waals surface area (Å²) in [5, 5.41) is 9.71. The van der Waals surface area contributed by atoms with Gasteiger partial charge < -0.3 is 10.6 Å². The van der Waals surface area contributed by atoms with Crippen LogP contribution in [0.4, 0.5) is 11.4 Å². The van der Waals surface area contributed by atoms with Crippen molar-refractivity contribution in [3.8, 4) is 11.3 Å². The van der Waals surface area contributed by atoms with E-state index < -0.39 is 5.56 Å². The minimum absolute atomic E-state index is 0.0765. The molecule has 1 aromatic heterocycles. The van der Waals surface area contributed by atoms with Crippen LogP contribution in [-0.2, 0) is 16.1 Å². The second-order valence-corrected chi connectivity index (χ2v) is 7.25. The molecule has 0 unspecified atom stereocenters. The molecule has 2 amide bonds. The van der Waals surface area contributed by atoms with Crippen molar-refractivity contribution in [2.24, 2.45) is 0 Å². The van der Waals surface area contributed by atoms with Gasteiger partial charge in [-0.05, 0) is 44.0 Å². The van der Waals surface area contributed by atoms with Crippen molar-refractivity contribution in [2.75, 3.05) is 10.6 Å². The second-order valence-electron chi connectivity index (χ2n) is 7.25. The molecular formula is C23H24N4O3. The van der Waals surface area contributed by atoms with Crippen molar-refractivity contribution in [3.63, 3.8) is 0 Å². The zero-order valence-electron chi connectivity index (χ0n) is 17.4. The summed E-state index contributed by atoms with van der Waals surface area (Å²) >= 11 is 0. The van der Waals surface area contributed by atoms with Gasteiger partial charge in [0.15, 0.2) is 0 Å². The number of rotatable bonds is 5. The van der Waals surface area contributed by atoms with Gasteiger partial charge >= 0.3 is 0 Å². The average molecular weight is 404 g/mol. The van der Waals surface area contributed by atoms with Crippen LogP contribution in [-0.4, -0.2) is 21.6 Å². The SMILES string of the molecule is CC(=O)Nc1cc(-c2ccc(C)cc2)nn(CC(=O)Nc2cccc(C)c2C)c1=O. The lowest BCUT2D eigenvalue weighted by molar-refractivity contribution is -0.117. The Morgan fingerprint density at radius 1 is 0.967 bits per heavy atom. The van der Waals surface area contributed by atoms with Crippen LogP contribution in [0.5, 0.6) is 0 Å². The Kier molecular flexibility index (Phi) is 6.11. The Hall–Kier alpha value is -3.74. The molecule has 3 rings (SSSR count). The number of carbonyl (C=O) groups excluding carboxylic acids is 2. The van der Waals surface area contributed by atoms with Gasteiger partial charge in [0.05, 0.1) is 5.69 Å². The molecule has 7 heteroatoms. The van der Waals surface area contributed by atoms with Gasteiger partial charge in [0.1, 0.15) is 12.2 Å². The van der Waals surface area contributed by atoms with Gasteiger partial charge in [0.2, 0.25) is 11.8 Å². The molecule has 0 atom stereocenters. The third kappa shape index (κ3) is 4.81. The van der Waals surface area contributed by atoms with Crippen LogP contribution in [0, 0.1) is 20.8 Å². The van der Waals surface area contributed by atoms with Gasteiger partial charge in [-0.25, -0.2) is 4.68 Å². The van der Waals surface area contributed by atoms with Crippen LogP contribution < -0.4 is 16.2 Å².